The van der Waals surface area contributed by atoms with Crippen molar-refractivity contribution in [2.45, 2.75) is 13.2 Å². The molecule has 0 bridgehead atoms. The highest BCUT2D eigenvalue weighted by molar-refractivity contribution is 7.81. The molecule has 0 atom stereocenters. The average molecular weight is 296 g/mol. The van der Waals surface area contributed by atoms with Crippen LogP contribution in [-0.4, -0.2) is 25.9 Å². The van der Waals surface area contributed by atoms with Crippen LogP contribution in [0, 0.1) is 0 Å². The first-order chi connectivity index (χ1) is 8.16. The van der Waals surface area contributed by atoms with Gasteiger partial charge in [0.2, 0.25) is 20.8 Å². The molecule has 0 aliphatic rings. The fourth-order valence-electron chi connectivity index (χ4n) is 1.01. The maximum absolute atomic E-state index is 10.2. The van der Waals surface area contributed by atoms with Gasteiger partial charge in [0.25, 0.3) is 0 Å². The van der Waals surface area contributed by atoms with E-state index in [1.807, 2.05) is 0 Å². The lowest BCUT2D eigenvalue weighted by Crippen LogP contribution is -2.05. The van der Waals surface area contributed by atoms with Gasteiger partial charge < -0.3 is 9.11 Å². The maximum Gasteiger partial charge on any atom is 0.217 e. The van der Waals surface area contributed by atoms with Crippen molar-refractivity contribution < 1.29 is 34.3 Å². The van der Waals surface area contributed by atoms with Gasteiger partial charge in [0.05, 0.1) is 13.2 Å². The topological polar surface area (TPSA) is 133 Å². The largest absolute Gasteiger partial charge is 0.726 e. The molecule has 1 aromatic rings. The lowest BCUT2D eigenvalue weighted by atomic mass is 10.1. The van der Waals surface area contributed by atoms with Crippen molar-refractivity contribution in [2.75, 3.05) is 0 Å². The minimum Gasteiger partial charge on any atom is -0.726 e. The summed E-state index contributed by atoms with van der Waals surface area (Å²) in [6.07, 6.45) is 0. The van der Waals surface area contributed by atoms with E-state index in [4.69, 9.17) is 0 Å². The van der Waals surface area contributed by atoms with Crippen molar-refractivity contribution >= 4 is 20.8 Å². The molecule has 0 aliphatic carbocycles. The van der Waals surface area contributed by atoms with Crippen LogP contribution in [-0.2, 0) is 42.4 Å². The van der Waals surface area contributed by atoms with E-state index in [1.54, 1.807) is 0 Å². The van der Waals surface area contributed by atoms with Crippen LogP contribution < -0.4 is 0 Å². The Morgan fingerprint density at radius 2 is 1.06 bits per heavy atom. The van der Waals surface area contributed by atoms with E-state index in [1.165, 1.54) is 24.3 Å². The first-order valence-electron chi connectivity index (χ1n) is 4.44. The zero-order valence-electron chi connectivity index (χ0n) is 8.81. The van der Waals surface area contributed by atoms with Gasteiger partial charge in [-0.2, -0.15) is 0 Å². The van der Waals surface area contributed by atoms with Crippen molar-refractivity contribution in [3.05, 3.63) is 35.4 Å². The summed E-state index contributed by atoms with van der Waals surface area (Å²) in [4.78, 5) is 0. The third kappa shape index (κ3) is 6.64. The van der Waals surface area contributed by atoms with Crippen LogP contribution >= 0.6 is 0 Å². The van der Waals surface area contributed by atoms with Crippen molar-refractivity contribution in [1.29, 1.82) is 0 Å². The molecule has 10 heteroatoms. The summed E-state index contributed by atoms with van der Waals surface area (Å²) in [6.45, 7) is -0.848. The molecule has 0 spiro atoms. The lowest BCUT2D eigenvalue weighted by molar-refractivity contribution is 0.249. The molecule has 0 radical (unpaired) electrons. The lowest BCUT2D eigenvalue weighted by Gasteiger charge is -2.09. The van der Waals surface area contributed by atoms with E-state index >= 15 is 0 Å². The third-order valence-corrected chi connectivity index (χ3v) is 2.58. The molecular formula is C8H8O8S2-2. The van der Waals surface area contributed by atoms with Gasteiger partial charge in [-0.15, -0.1) is 0 Å². The third-order valence-electron chi connectivity index (χ3n) is 1.76. The summed E-state index contributed by atoms with van der Waals surface area (Å²) in [5, 5.41) is 0. The molecular weight excluding hydrogens is 288 g/mol. The van der Waals surface area contributed by atoms with E-state index in [2.05, 4.69) is 8.37 Å². The molecule has 0 aliphatic heterocycles. The number of hydrogen-bond donors (Lipinski definition) is 0. The van der Waals surface area contributed by atoms with Crippen LogP contribution in [0.1, 0.15) is 11.1 Å². The molecule has 1 aromatic carbocycles. The summed E-state index contributed by atoms with van der Waals surface area (Å²) in [6, 6.07) is 5.62. The first kappa shape index (κ1) is 15.0. The Balaban J connectivity index is 2.58. The normalized spacial score (nSPS) is 12.6. The van der Waals surface area contributed by atoms with Gasteiger partial charge in [-0.1, -0.05) is 24.3 Å². The van der Waals surface area contributed by atoms with Crippen molar-refractivity contribution in [2.24, 2.45) is 0 Å². The number of benzene rings is 1. The first-order valence-corrected chi connectivity index (χ1v) is 7.11. The second-order valence-corrected chi connectivity index (χ2v) is 5.26. The molecule has 18 heavy (non-hydrogen) atoms. The van der Waals surface area contributed by atoms with E-state index < -0.39 is 34.0 Å². The fourth-order valence-corrected chi connectivity index (χ4v) is 1.57. The van der Waals surface area contributed by atoms with Crippen LogP contribution in [0.15, 0.2) is 24.3 Å². The van der Waals surface area contributed by atoms with Crippen LogP contribution in [0.3, 0.4) is 0 Å². The Kier molecular flexibility index (Phi) is 4.78. The van der Waals surface area contributed by atoms with Crippen molar-refractivity contribution in [3.8, 4) is 0 Å². The van der Waals surface area contributed by atoms with Crippen molar-refractivity contribution in [1.82, 2.24) is 0 Å². The van der Waals surface area contributed by atoms with Gasteiger partial charge >= 0.3 is 0 Å². The van der Waals surface area contributed by atoms with Crippen LogP contribution in [0.25, 0.3) is 0 Å². The second kappa shape index (κ2) is 5.73. The standard InChI is InChI=1S/C8H10O8S2/c9-17(10,11)15-5-7-1-2-8(4-3-7)6-16-18(12,13)14/h1-4H,5-6H2,(H,9,10,11)(H,12,13,14)/p-2. The quantitative estimate of drug-likeness (QED) is 0.513. The summed E-state index contributed by atoms with van der Waals surface area (Å²) in [5.74, 6) is 0. The van der Waals surface area contributed by atoms with Crippen LogP contribution in [0.4, 0.5) is 0 Å². The Labute approximate surface area is 104 Å². The average Bonchev–Trinajstić information content (AvgIpc) is 2.23. The molecule has 0 heterocycles. The molecule has 8 nitrogen and oxygen atoms in total. The van der Waals surface area contributed by atoms with Gasteiger partial charge in [0.15, 0.2) is 0 Å². The molecule has 1 rings (SSSR count). The monoisotopic (exact) mass is 296 g/mol. The molecule has 0 amide bonds. The Hall–Kier alpha value is -1.04. The Bertz CT molecular complexity index is 531. The van der Waals surface area contributed by atoms with Gasteiger partial charge in [-0.25, -0.2) is 16.8 Å². The van der Waals surface area contributed by atoms with Gasteiger partial charge in [0.1, 0.15) is 0 Å². The van der Waals surface area contributed by atoms with E-state index in [0.29, 0.717) is 11.1 Å². The molecule has 102 valence electrons. The van der Waals surface area contributed by atoms with Gasteiger partial charge in [-0.05, 0) is 11.1 Å². The minimum atomic E-state index is -4.76. The van der Waals surface area contributed by atoms with E-state index in [0.717, 1.165) is 0 Å². The summed E-state index contributed by atoms with van der Waals surface area (Å²) in [7, 11) is -9.51. The van der Waals surface area contributed by atoms with Crippen LogP contribution in [0.5, 0.6) is 0 Å². The number of rotatable bonds is 6. The minimum absolute atomic E-state index is 0.392. The van der Waals surface area contributed by atoms with Gasteiger partial charge in [-0.3, -0.25) is 8.37 Å². The SMILES string of the molecule is O=S(=O)([O-])OCc1ccc(COS(=O)(=O)[O-])cc1. The predicted molar refractivity (Wildman–Crippen MR) is 55.4 cm³/mol. The predicted octanol–water partition coefficient (Wildman–Crippen LogP) is -0.360. The molecule has 0 N–H and O–H groups in total. The summed E-state index contributed by atoms with van der Waals surface area (Å²) < 4.78 is 69.1. The highest BCUT2D eigenvalue weighted by Gasteiger charge is 2.00. The maximum atomic E-state index is 10.2. The fraction of sp³-hybridized carbons (Fsp3) is 0.250. The van der Waals surface area contributed by atoms with Crippen molar-refractivity contribution in [3.63, 3.8) is 0 Å². The Morgan fingerprint density at radius 1 is 0.778 bits per heavy atom. The zero-order valence-corrected chi connectivity index (χ0v) is 10.4. The Morgan fingerprint density at radius 3 is 1.28 bits per heavy atom. The van der Waals surface area contributed by atoms with Crippen LogP contribution in [0.2, 0.25) is 0 Å². The smallest absolute Gasteiger partial charge is 0.217 e. The summed E-state index contributed by atoms with van der Waals surface area (Å²) in [5.41, 5.74) is 0.784. The molecule has 0 saturated heterocycles. The van der Waals surface area contributed by atoms with E-state index in [9.17, 15) is 25.9 Å². The molecule has 0 unspecified atom stereocenters. The zero-order chi connectivity index (χ0) is 13.8. The summed E-state index contributed by atoms with van der Waals surface area (Å²) >= 11 is 0. The second-order valence-electron chi connectivity index (χ2n) is 3.16. The van der Waals surface area contributed by atoms with Gasteiger partial charge in [0, 0.05) is 0 Å². The number of hydrogen-bond acceptors (Lipinski definition) is 8. The molecule has 0 saturated carbocycles. The highest BCUT2D eigenvalue weighted by atomic mass is 32.3. The van der Waals surface area contributed by atoms with E-state index in [-0.39, 0.29) is 0 Å². The molecule has 0 fully saturated rings. The highest BCUT2D eigenvalue weighted by Crippen LogP contribution is 2.08. The molecule has 0 aromatic heterocycles.